The van der Waals surface area contributed by atoms with Crippen molar-refractivity contribution in [3.8, 4) is 0 Å². The summed E-state index contributed by atoms with van der Waals surface area (Å²) in [7, 11) is 0. The van der Waals surface area contributed by atoms with E-state index in [1.165, 1.54) is 0 Å². The third-order valence-corrected chi connectivity index (χ3v) is 3.65. The predicted octanol–water partition coefficient (Wildman–Crippen LogP) is 0.332. The standard InChI is InChI=1S/C8H16N2OS/c1-8(10,7(9)11)6-2-4-12-5-3-6/h6H,2-5,10H2,1H3,(H2,9,11). The van der Waals surface area contributed by atoms with E-state index in [-0.39, 0.29) is 11.8 Å². The maximum absolute atomic E-state index is 11.0. The maximum atomic E-state index is 11.0. The highest BCUT2D eigenvalue weighted by molar-refractivity contribution is 7.99. The van der Waals surface area contributed by atoms with Crippen molar-refractivity contribution in [2.24, 2.45) is 17.4 Å². The van der Waals surface area contributed by atoms with Crippen LogP contribution in [0, 0.1) is 5.92 Å². The minimum atomic E-state index is -0.805. The molecule has 3 nitrogen and oxygen atoms in total. The molecule has 0 aromatic carbocycles. The van der Waals surface area contributed by atoms with E-state index in [1.807, 2.05) is 11.8 Å². The molecule has 0 aromatic heterocycles. The highest BCUT2D eigenvalue weighted by Gasteiger charge is 2.36. The Morgan fingerprint density at radius 2 is 2.00 bits per heavy atom. The fourth-order valence-electron chi connectivity index (χ4n) is 1.50. The predicted molar refractivity (Wildman–Crippen MR) is 51.8 cm³/mol. The third kappa shape index (κ3) is 1.93. The van der Waals surface area contributed by atoms with Crippen molar-refractivity contribution in [1.29, 1.82) is 0 Å². The zero-order valence-corrected chi connectivity index (χ0v) is 8.19. The molecule has 1 heterocycles. The number of hydrogen-bond donors (Lipinski definition) is 2. The number of amides is 1. The van der Waals surface area contributed by atoms with Gasteiger partial charge in [0.2, 0.25) is 5.91 Å². The van der Waals surface area contributed by atoms with Gasteiger partial charge in [0, 0.05) is 0 Å². The third-order valence-electron chi connectivity index (χ3n) is 2.60. The number of hydrogen-bond acceptors (Lipinski definition) is 3. The van der Waals surface area contributed by atoms with Crippen molar-refractivity contribution in [2.75, 3.05) is 11.5 Å². The smallest absolute Gasteiger partial charge is 0.237 e. The van der Waals surface area contributed by atoms with E-state index in [4.69, 9.17) is 11.5 Å². The first-order valence-corrected chi connectivity index (χ1v) is 5.37. The first-order valence-electron chi connectivity index (χ1n) is 4.21. The van der Waals surface area contributed by atoms with Crippen LogP contribution >= 0.6 is 11.8 Å². The van der Waals surface area contributed by atoms with E-state index < -0.39 is 5.54 Å². The normalized spacial score (nSPS) is 24.8. The molecule has 1 aliphatic heterocycles. The fourth-order valence-corrected chi connectivity index (χ4v) is 2.60. The Morgan fingerprint density at radius 3 is 2.42 bits per heavy atom. The summed E-state index contributed by atoms with van der Waals surface area (Å²) in [5.41, 5.74) is 10.3. The Bertz CT molecular complexity index is 176. The summed E-state index contributed by atoms with van der Waals surface area (Å²) in [6.45, 7) is 1.75. The van der Waals surface area contributed by atoms with Gasteiger partial charge >= 0.3 is 0 Å². The Kier molecular flexibility index (Phi) is 3.01. The molecule has 0 bridgehead atoms. The molecule has 1 aliphatic rings. The molecule has 0 spiro atoms. The molecule has 1 rings (SSSR count). The largest absolute Gasteiger partial charge is 0.368 e. The van der Waals surface area contributed by atoms with Crippen molar-refractivity contribution in [3.63, 3.8) is 0 Å². The van der Waals surface area contributed by atoms with E-state index in [1.54, 1.807) is 6.92 Å². The second kappa shape index (κ2) is 3.66. The molecule has 1 atom stereocenters. The highest BCUT2D eigenvalue weighted by Crippen LogP contribution is 2.29. The number of rotatable bonds is 2. The Labute approximate surface area is 77.3 Å². The van der Waals surface area contributed by atoms with E-state index >= 15 is 0 Å². The van der Waals surface area contributed by atoms with Gasteiger partial charge in [0.15, 0.2) is 0 Å². The van der Waals surface area contributed by atoms with Gasteiger partial charge in [-0.25, -0.2) is 0 Å². The summed E-state index contributed by atoms with van der Waals surface area (Å²) in [6, 6.07) is 0. The second-order valence-electron chi connectivity index (χ2n) is 3.53. The van der Waals surface area contributed by atoms with Crippen LogP contribution in [0.1, 0.15) is 19.8 Å². The minimum absolute atomic E-state index is 0.274. The topological polar surface area (TPSA) is 69.1 Å². The Balaban J connectivity index is 2.59. The molecule has 12 heavy (non-hydrogen) atoms. The van der Waals surface area contributed by atoms with Gasteiger partial charge in [0.05, 0.1) is 5.54 Å². The lowest BCUT2D eigenvalue weighted by Gasteiger charge is -2.33. The van der Waals surface area contributed by atoms with E-state index in [0.717, 1.165) is 24.3 Å². The Hall–Kier alpha value is -0.220. The summed E-state index contributed by atoms with van der Waals surface area (Å²) >= 11 is 1.92. The first-order chi connectivity index (χ1) is 5.55. The van der Waals surface area contributed by atoms with Gasteiger partial charge in [-0.15, -0.1) is 0 Å². The van der Waals surface area contributed by atoms with Crippen LogP contribution in [-0.4, -0.2) is 23.0 Å². The lowest BCUT2D eigenvalue weighted by Crippen LogP contribution is -2.55. The summed E-state index contributed by atoms with van der Waals surface area (Å²) in [6.07, 6.45) is 2.03. The van der Waals surface area contributed by atoms with Crippen LogP contribution < -0.4 is 11.5 Å². The fraction of sp³-hybridized carbons (Fsp3) is 0.875. The van der Waals surface area contributed by atoms with Gasteiger partial charge in [-0.05, 0) is 37.2 Å². The van der Waals surface area contributed by atoms with Gasteiger partial charge in [-0.2, -0.15) is 11.8 Å². The van der Waals surface area contributed by atoms with Gasteiger partial charge in [0.25, 0.3) is 0 Å². The van der Waals surface area contributed by atoms with Crippen LogP contribution in [-0.2, 0) is 4.79 Å². The zero-order chi connectivity index (χ0) is 9.19. The van der Waals surface area contributed by atoms with Crippen molar-refractivity contribution in [2.45, 2.75) is 25.3 Å². The summed E-state index contributed by atoms with van der Waals surface area (Å²) in [4.78, 5) is 11.0. The number of carbonyl (C=O) groups excluding carboxylic acids is 1. The lowest BCUT2D eigenvalue weighted by atomic mass is 9.82. The average molecular weight is 188 g/mol. The molecule has 0 radical (unpaired) electrons. The highest BCUT2D eigenvalue weighted by atomic mass is 32.2. The molecule has 4 N–H and O–H groups in total. The summed E-state index contributed by atoms with van der Waals surface area (Å²) in [5, 5.41) is 0. The van der Waals surface area contributed by atoms with Gasteiger partial charge in [0.1, 0.15) is 0 Å². The van der Waals surface area contributed by atoms with Gasteiger partial charge in [-0.3, -0.25) is 4.79 Å². The number of carbonyl (C=O) groups is 1. The lowest BCUT2D eigenvalue weighted by molar-refractivity contribution is -0.124. The molecule has 1 amide bonds. The minimum Gasteiger partial charge on any atom is -0.368 e. The number of thioether (sulfide) groups is 1. The molecule has 1 unspecified atom stereocenters. The summed E-state index contributed by atoms with van der Waals surface area (Å²) < 4.78 is 0. The molecule has 1 saturated heterocycles. The van der Waals surface area contributed by atoms with E-state index in [2.05, 4.69) is 0 Å². The molecular formula is C8H16N2OS. The zero-order valence-electron chi connectivity index (χ0n) is 7.38. The number of nitrogens with two attached hydrogens (primary N) is 2. The molecule has 4 heteroatoms. The summed E-state index contributed by atoms with van der Waals surface area (Å²) in [5.74, 6) is 2.10. The van der Waals surface area contributed by atoms with Crippen LogP contribution in [0.15, 0.2) is 0 Å². The molecule has 70 valence electrons. The molecule has 0 saturated carbocycles. The van der Waals surface area contributed by atoms with E-state index in [0.29, 0.717) is 0 Å². The first kappa shape index (κ1) is 9.86. The van der Waals surface area contributed by atoms with Crippen molar-refractivity contribution in [3.05, 3.63) is 0 Å². The Morgan fingerprint density at radius 1 is 1.50 bits per heavy atom. The molecule has 0 aromatic rings. The second-order valence-corrected chi connectivity index (χ2v) is 4.76. The van der Waals surface area contributed by atoms with Crippen molar-refractivity contribution < 1.29 is 4.79 Å². The van der Waals surface area contributed by atoms with E-state index in [9.17, 15) is 4.79 Å². The van der Waals surface area contributed by atoms with Gasteiger partial charge < -0.3 is 11.5 Å². The quantitative estimate of drug-likeness (QED) is 0.656. The monoisotopic (exact) mass is 188 g/mol. The number of primary amides is 1. The van der Waals surface area contributed by atoms with Gasteiger partial charge in [-0.1, -0.05) is 0 Å². The van der Waals surface area contributed by atoms with Crippen molar-refractivity contribution in [1.82, 2.24) is 0 Å². The molecule has 0 aliphatic carbocycles. The van der Waals surface area contributed by atoms with Crippen LogP contribution in [0.4, 0.5) is 0 Å². The van der Waals surface area contributed by atoms with Crippen LogP contribution in [0.5, 0.6) is 0 Å². The maximum Gasteiger partial charge on any atom is 0.237 e. The van der Waals surface area contributed by atoms with Crippen LogP contribution in [0.2, 0.25) is 0 Å². The van der Waals surface area contributed by atoms with Crippen LogP contribution in [0.3, 0.4) is 0 Å². The SMILES string of the molecule is CC(N)(C(N)=O)C1CCSCC1. The molecule has 1 fully saturated rings. The van der Waals surface area contributed by atoms with Crippen molar-refractivity contribution >= 4 is 17.7 Å². The van der Waals surface area contributed by atoms with Crippen LogP contribution in [0.25, 0.3) is 0 Å². The average Bonchev–Trinajstić information content (AvgIpc) is 2.06. The molecular weight excluding hydrogens is 172 g/mol.